The zero-order valence-corrected chi connectivity index (χ0v) is 23.1. The molecular weight excluding hydrogens is 486 g/mol. The zero-order chi connectivity index (χ0) is 20.0. The molecule has 4 rings (SSSR count). The average molecular weight is 521 g/mol. The van der Waals surface area contributed by atoms with E-state index in [1.54, 1.807) is 15.3 Å². The fraction of sp³-hybridized carbons (Fsp3) is 0.370. The Morgan fingerprint density at radius 1 is 0.867 bits per heavy atom. The van der Waals surface area contributed by atoms with Crippen molar-refractivity contribution in [2.24, 2.45) is 0 Å². The summed E-state index contributed by atoms with van der Waals surface area (Å²) in [7, 11) is 0. The third-order valence-electron chi connectivity index (χ3n) is 6.26. The van der Waals surface area contributed by atoms with E-state index < -0.39 is 21.3 Å². The Kier molecular flexibility index (Phi) is 8.71. The van der Waals surface area contributed by atoms with Gasteiger partial charge in [0, 0.05) is 0 Å². The van der Waals surface area contributed by atoms with Gasteiger partial charge in [-0.2, -0.15) is 0 Å². The molecule has 0 fully saturated rings. The number of fused-ring (bicyclic) bond motifs is 3. The molecule has 0 unspecified atom stereocenters. The molecule has 0 aromatic heterocycles. The molecule has 0 atom stereocenters. The Hall–Kier alpha value is -0.747. The molecule has 2 aromatic rings. The summed E-state index contributed by atoms with van der Waals surface area (Å²) in [4.78, 5) is 0. The van der Waals surface area contributed by atoms with Crippen molar-refractivity contribution in [1.29, 1.82) is 0 Å². The first-order valence-electron chi connectivity index (χ1n) is 10.7. The Balaban J connectivity index is 0.00000160. The second-order valence-electron chi connectivity index (χ2n) is 9.20. The van der Waals surface area contributed by atoms with E-state index in [1.807, 2.05) is 0 Å². The number of halogens is 2. The van der Waals surface area contributed by atoms with Crippen LogP contribution in [-0.2, 0) is 27.7 Å². The van der Waals surface area contributed by atoms with Crippen LogP contribution >= 0.6 is 24.8 Å². The number of allylic oxidation sites excluding steroid dienone is 4. The van der Waals surface area contributed by atoms with E-state index in [0.717, 1.165) is 6.42 Å². The number of rotatable bonds is 4. The smallest absolute Gasteiger partial charge is 0.147 e. The fourth-order valence-electron chi connectivity index (χ4n) is 4.63. The van der Waals surface area contributed by atoms with Crippen molar-refractivity contribution in [2.75, 3.05) is 0 Å². The third kappa shape index (κ3) is 4.69. The average Bonchev–Trinajstić information content (AvgIpc) is 3.28. The normalized spacial score (nSPS) is 13.5. The van der Waals surface area contributed by atoms with E-state index in [0.29, 0.717) is 11.8 Å². The second-order valence-corrected chi connectivity index (χ2v) is 16.4. The van der Waals surface area contributed by atoms with Crippen molar-refractivity contribution in [3.63, 3.8) is 0 Å². The van der Waals surface area contributed by atoms with Gasteiger partial charge in [-0.3, -0.25) is 0 Å². The van der Waals surface area contributed by atoms with Crippen molar-refractivity contribution in [1.82, 2.24) is 0 Å². The SMILES string of the molecule is C[C](C)=[Zr]([C]1=CC=CC1)[c]1cc(C(C)C)cc2c1Cc1ccc(C(C)C)cc1-2.Cl.Cl. The van der Waals surface area contributed by atoms with Gasteiger partial charge in [0.05, 0.1) is 0 Å². The van der Waals surface area contributed by atoms with Gasteiger partial charge in [0.15, 0.2) is 0 Å². The van der Waals surface area contributed by atoms with E-state index in [-0.39, 0.29) is 24.8 Å². The summed E-state index contributed by atoms with van der Waals surface area (Å²) in [5.41, 5.74) is 9.18. The van der Waals surface area contributed by atoms with E-state index in [2.05, 4.69) is 90.1 Å². The van der Waals surface area contributed by atoms with Gasteiger partial charge < -0.3 is 0 Å². The molecule has 0 radical (unpaired) electrons. The molecule has 0 aliphatic heterocycles. The molecule has 3 heteroatoms. The molecule has 2 aromatic carbocycles. The van der Waals surface area contributed by atoms with Crippen LogP contribution in [0.25, 0.3) is 11.1 Å². The molecule has 0 spiro atoms. The molecule has 0 saturated carbocycles. The van der Waals surface area contributed by atoms with Gasteiger partial charge in [-0.1, -0.05) is 0 Å². The molecular formula is C27H34Cl2Zr. The molecule has 2 aliphatic rings. The molecule has 160 valence electrons. The van der Waals surface area contributed by atoms with Crippen LogP contribution in [-0.4, -0.2) is 3.21 Å². The van der Waals surface area contributed by atoms with Crippen LogP contribution in [0.3, 0.4) is 0 Å². The Morgan fingerprint density at radius 2 is 1.53 bits per heavy atom. The maximum Gasteiger partial charge on any atom is -0.147 e. The van der Waals surface area contributed by atoms with Gasteiger partial charge in [-0.15, -0.1) is 24.8 Å². The maximum atomic E-state index is 2.60. The van der Waals surface area contributed by atoms with Gasteiger partial charge >= 0.3 is 179 Å². The van der Waals surface area contributed by atoms with Gasteiger partial charge in [0.2, 0.25) is 0 Å². The van der Waals surface area contributed by atoms with E-state index in [1.165, 1.54) is 34.2 Å². The first-order chi connectivity index (χ1) is 13.4. The Bertz CT molecular complexity index is 1040. The summed E-state index contributed by atoms with van der Waals surface area (Å²) in [6.45, 7) is 14.1. The maximum absolute atomic E-state index is 2.60. The summed E-state index contributed by atoms with van der Waals surface area (Å²) >= 11 is -1.99. The largest absolute Gasteiger partial charge is 0.147 e. The van der Waals surface area contributed by atoms with Crippen LogP contribution in [0.5, 0.6) is 0 Å². The van der Waals surface area contributed by atoms with Crippen LogP contribution in [0.1, 0.15) is 82.1 Å². The predicted octanol–water partition coefficient (Wildman–Crippen LogP) is 7.65. The minimum atomic E-state index is -1.99. The minimum absolute atomic E-state index is 0. The van der Waals surface area contributed by atoms with Gasteiger partial charge in [0.1, 0.15) is 0 Å². The zero-order valence-electron chi connectivity index (χ0n) is 19.0. The Labute approximate surface area is 202 Å². The van der Waals surface area contributed by atoms with Crippen molar-refractivity contribution in [2.45, 2.75) is 66.2 Å². The molecule has 0 N–H and O–H groups in total. The molecule has 2 aliphatic carbocycles. The number of benzene rings is 2. The van der Waals surface area contributed by atoms with Crippen molar-refractivity contribution in [3.8, 4) is 11.1 Å². The van der Waals surface area contributed by atoms with Crippen LogP contribution in [0.2, 0.25) is 0 Å². The quantitative estimate of drug-likeness (QED) is 0.331. The van der Waals surface area contributed by atoms with Crippen LogP contribution < -0.4 is 3.27 Å². The Morgan fingerprint density at radius 3 is 2.10 bits per heavy atom. The molecule has 0 heterocycles. The molecule has 0 amide bonds. The van der Waals surface area contributed by atoms with Crippen molar-refractivity contribution in [3.05, 3.63) is 74.1 Å². The van der Waals surface area contributed by atoms with Gasteiger partial charge in [-0.25, -0.2) is 0 Å². The van der Waals surface area contributed by atoms with E-state index in [9.17, 15) is 0 Å². The molecule has 0 nitrogen and oxygen atoms in total. The van der Waals surface area contributed by atoms with E-state index in [4.69, 9.17) is 0 Å². The fourth-order valence-corrected chi connectivity index (χ4v) is 11.9. The molecule has 30 heavy (non-hydrogen) atoms. The minimum Gasteiger partial charge on any atom is -0.147 e. The third-order valence-corrected chi connectivity index (χ3v) is 13.6. The summed E-state index contributed by atoms with van der Waals surface area (Å²) in [6, 6.07) is 12.3. The summed E-state index contributed by atoms with van der Waals surface area (Å²) in [5, 5.41) is 0. The first kappa shape index (κ1) is 25.5. The molecule has 0 saturated heterocycles. The number of hydrogen-bond donors (Lipinski definition) is 0. The second kappa shape index (κ2) is 10.2. The summed E-state index contributed by atoms with van der Waals surface area (Å²) in [6.07, 6.45) is 9.33. The summed E-state index contributed by atoms with van der Waals surface area (Å²) in [5.74, 6) is 1.15. The van der Waals surface area contributed by atoms with Crippen LogP contribution in [0.15, 0.2) is 51.8 Å². The van der Waals surface area contributed by atoms with Gasteiger partial charge in [-0.05, 0) is 0 Å². The first-order valence-corrected chi connectivity index (χ1v) is 14.4. The predicted molar refractivity (Wildman–Crippen MR) is 135 cm³/mol. The van der Waals surface area contributed by atoms with E-state index >= 15 is 0 Å². The summed E-state index contributed by atoms with van der Waals surface area (Å²) < 4.78 is 5.17. The van der Waals surface area contributed by atoms with Crippen molar-refractivity contribution < 1.29 is 21.3 Å². The molecule has 0 bridgehead atoms. The van der Waals surface area contributed by atoms with Gasteiger partial charge in [0.25, 0.3) is 0 Å². The van der Waals surface area contributed by atoms with Crippen LogP contribution in [0.4, 0.5) is 0 Å². The van der Waals surface area contributed by atoms with Crippen LogP contribution in [0, 0.1) is 0 Å². The number of hydrogen-bond acceptors (Lipinski definition) is 0. The monoisotopic (exact) mass is 518 g/mol. The topological polar surface area (TPSA) is 0 Å². The van der Waals surface area contributed by atoms with Crippen molar-refractivity contribution >= 4 is 31.3 Å². The standard InChI is InChI=1S/C19H21.C5H5.C3H6.2ClH.Zr/c1-12(2)14-5-7-16-9-17-8-6-15(13(3)4)11-19(17)18(16)10-14;1-2-4-5-3-1;1-3-2;;;/h5-7,10-13H,9H2,1-4H3;1-3H,4H2;1-2H3;2*1H;.